The molecule has 0 aliphatic rings. The van der Waals surface area contributed by atoms with Crippen molar-refractivity contribution < 1.29 is 17.9 Å². The van der Waals surface area contributed by atoms with Gasteiger partial charge in [-0.3, -0.25) is 9.10 Å². The number of benzene rings is 3. The fourth-order valence-corrected chi connectivity index (χ4v) is 5.37. The lowest BCUT2D eigenvalue weighted by molar-refractivity contribution is -0.119. The SMILES string of the molecule is CCCOc1ccccc1CCCNC(=O)CN(c1ccc(C)cc1C)S(=O)(=O)c1ccccc1. The van der Waals surface area contributed by atoms with Crippen molar-refractivity contribution in [3.8, 4) is 5.75 Å². The van der Waals surface area contributed by atoms with Gasteiger partial charge >= 0.3 is 0 Å². The monoisotopic (exact) mass is 494 g/mol. The second-order valence-electron chi connectivity index (χ2n) is 8.52. The van der Waals surface area contributed by atoms with Gasteiger partial charge < -0.3 is 10.1 Å². The minimum absolute atomic E-state index is 0.150. The molecule has 0 saturated carbocycles. The van der Waals surface area contributed by atoms with Gasteiger partial charge in [0, 0.05) is 6.54 Å². The lowest BCUT2D eigenvalue weighted by Crippen LogP contribution is -2.41. The van der Waals surface area contributed by atoms with Crippen LogP contribution in [0.4, 0.5) is 5.69 Å². The highest BCUT2D eigenvalue weighted by Gasteiger charge is 2.28. The maximum absolute atomic E-state index is 13.5. The summed E-state index contributed by atoms with van der Waals surface area (Å²) in [6, 6.07) is 21.6. The number of aryl methyl sites for hydroxylation is 3. The molecule has 0 fully saturated rings. The molecule has 0 spiro atoms. The first-order chi connectivity index (χ1) is 16.8. The standard InChI is InChI=1S/C28H34N2O4S/c1-4-19-34-27-15-9-8-11-24(27)12-10-18-29-28(31)21-30(26-17-16-22(2)20-23(26)3)35(32,33)25-13-6-5-7-14-25/h5-9,11,13-17,20H,4,10,12,18-19,21H2,1-3H3,(H,29,31). The first-order valence-electron chi connectivity index (χ1n) is 12.0. The van der Waals surface area contributed by atoms with Gasteiger partial charge in [0.15, 0.2) is 0 Å². The summed E-state index contributed by atoms with van der Waals surface area (Å²) in [6.45, 7) is 6.68. The molecule has 3 aromatic rings. The minimum atomic E-state index is -3.92. The van der Waals surface area contributed by atoms with Crippen molar-refractivity contribution in [3.63, 3.8) is 0 Å². The Bertz CT molecular complexity index is 1230. The van der Waals surface area contributed by atoms with Gasteiger partial charge in [-0.1, -0.05) is 61.0 Å². The average molecular weight is 495 g/mol. The lowest BCUT2D eigenvalue weighted by Gasteiger charge is -2.26. The zero-order valence-electron chi connectivity index (χ0n) is 20.7. The van der Waals surface area contributed by atoms with E-state index in [0.717, 1.165) is 35.3 Å². The molecule has 0 aromatic heterocycles. The molecule has 3 aromatic carbocycles. The Labute approximate surface area is 209 Å². The smallest absolute Gasteiger partial charge is 0.264 e. The predicted octanol–water partition coefficient (Wildman–Crippen LogP) is 5.04. The quantitative estimate of drug-likeness (QED) is 0.358. The molecule has 35 heavy (non-hydrogen) atoms. The molecule has 7 heteroatoms. The first-order valence-corrected chi connectivity index (χ1v) is 13.4. The van der Waals surface area contributed by atoms with Crippen LogP contribution < -0.4 is 14.4 Å². The molecule has 1 N–H and O–H groups in total. The lowest BCUT2D eigenvalue weighted by atomic mass is 10.1. The Morgan fingerprint density at radius 2 is 1.69 bits per heavy atom. The van der Waals surface area contributed by atoms with E-state index in [-0.39, 0.29) is 17.3 Å². The van der Waals surface area contributed by atoms with Crippen LogP contribution in [-0.2, 0) is 21.2 Å². The summed E-state index contributed by atoms with van der Waals surface area (Å²) in [6.07, 6.45) is 2.41. The van der Waals surface area contributed by atoms with Crippen LogP contribution in [-0.4, -0.2) is 34.0 Å². The number of amides is 1. The first kappa shape index (κ1) is 26.3. The maximum atomic E-state index is 13.5. The minimum Gasteiger partial charge on any atom is -0.493 e. The average Bonchev–Trinajstić information content (AvgIpc) is 2.85. The van der Waals surface area contributed by atoms with Gasteiger partial charge in [-0.15, -0.1) is 0 Å². The van der Waals surface area contributed by atoms with Crippen molar-refractivity contribution in [1.82, 2.24) is 5.32 Å². The molecule has 0 radical (unpaired) electrons. The van der Waals surface area contributed by atoms with Crippen molar-refractivity contribution in [3.05, 3.63) is 89.5 Å². The number of hydrogen-bond acceptors (Lipinski definition) is 4. The van der Waals surface area contributed by atoms with Gasteiger partial charge in [0.25, 0.3) is 10.0 Å². The third-order valence-corrected chi connectivity index (χ3v) is 7.39. The van der Waals surface area contributed by atoms with E-state index in [9.17, 15) is 13.2 Å². The summed E-state index contributed by atoms with van der Waals surface area (Å²) >= 11 is 0. The highest BCUT2D eigenvalue weighted by atomic mass is 32.2. The molecular weight excluding hydrogens is 460 g/mol. The van der Waals surface area contributed by atoms with Crippen LogP contribution in [0.2, 0.25) is 0 Å². The van der Waals surface area contributed by atoms with E-state index in [1.807, 2.05) is 50.2 Å². The van der Waals surface area contributed by atoms with Crippen molar-refractivity contribution in [2.45, 2.75) is 44.9 Å². The molecule has 3 rings (SSSR count). The summed E-state index contributed by atoms with van der Waals surface area (Å²) < 4.78 is 34.0. The van der Waals surface area contributed by atoms with E-state index in [1.54, 1.807) is 36.4 Å². The number of carbonyl (C=O) groups excluding carboxylic acids is 1. The third kappa shape index (κ3) is 7.09. The molecule has 186 valence electrons. The van der Waals surface area contributed by atoms with E-state index in [4.69, 9.17) is 4.74 Å². The van der Waals surface area contributed by atoms with E-state index in [2.05, 4.69) is 12.2 Å². The van der Waals surface area contributed by atoms with Gasteiger partial charge in [0.1, 0.15) is 12.3 Å². The highest BCUT2D eigenvalue weighted by molar-refractivity contribution is 7.92. The van der Waals surface area contributed by atoms with Crippen LogP contribution in [0.25, 0.3) is 0 Å². The van der Waals surface area contributed by atoms with Crippen molar-refractivity contribution >= 4 is 21.6 Å². The van der Waals surface area contributed by atoms with Crippen LogP contribution in [0.15, 0.2) is 77.7 Å². The second kappa shape index (κ2) is 12.4. The zero-order valence-corrected chi connectivity index (χ0v) is 21.5. The number of nitrogens with zero attached hydrogens (tertiary/aromatic N) is 1. The Hall–Kier alpha value is -3.32. The summed E-state index contributed by atoms with van der Waals surface area (Å²) in [4.78, 5) is 13.0. The third-order valence-electron chi connectivity index (χ3n) is 5.62. The summed E-state index contributed by atoms with van der Waals surface area (Å²) in [5.74, 6) is 0.524. The van der Waals surface area contributed by atoms with E-state index in [1.165, 1.54) is 4.31 Å². The predicted molar refractivity (Wildman–Crippen MR) is 140 cm³/mol. The van der Waals surface area contributed by atoms with Crippen molar-refractivity contribution in [2.24, 2.45) is 0 Å². The Kier molecular flexibility index (Phi) is 9.32. The Morgan fingerprint density at radius 1 is 0.971 bits per heavy atom. The molecule has 6 nitrogen and oxygen atoms in total. The van der Waals surface area contributed by atoms with Crippen LogP contribution in [0.5, 0.6) is 5.75 Å². The number of para-hydroxylation sites is 1. The number of carbonyl (C=O) groups is 1. The molecule has 0 aliphatic heterocycles. The fraction of sp³-hybridized carbons (Fsp3) is 0.321. The van der Waals surface area contributed by atoms with Crippen LogP contribution in [0, 0.1) is 13.8 Å². The number of anilines is 1. The van der Waals surface area contributed by atoms with E-state index < -0.39 is 10.0 Å². The molecule has 1 amide bonds. The van der Waals surface area contributed by atoms with E-state index in [0.29, 0.717) is 25.3 Å². The second-order valence-corrected chi connectivity index (χ2v) is 10.4. The Morgan fingerprint density at radius 3 is 2.40 bits per heavy atom. The van der Waals surface area contributed by atoms with Gasteiger partial charge in [0.05, 0.1) is 17.2 Å². The molecule has 0 heterocycles. The van der Waals surface area contributed by atoms with E-state index >= 15 is 0 Å². The largest absolute Gasteiger partial charge is 0.493 e. The molecule has 0 bridgehead atoms. The number of sulfonamides is 1. The van der Waals surface area contributed by atoms with Crippen molar-refractivity contribution in [2.75, 3.05) is 24.0 Å². The molecule has 0 atom stereocenters. The summed E-state index contributed by atoms with van der Waals surface area (Å²) in [5.41, 5.74) is 3.41. The fourth-order valence-electron chi connectivity index (χ4n) is 3.86. The topological polar surface area (TPSA) is 75.7 Å². The van der Waals surface area contributed by atoms with Crippen LogP contribution in [0.3, 0.4) is 0 Å². The maximum Gasteiger partial charge on any atom is 0.264 e. The number of hydrogen-bond donors (Lipinski definition) is 1. The number of rotatable bonds is 12. The highest BCUT2D eigenvalue weighted by Crippen LogP contribution is 2.27. The van der Waals surface area contributed by atoms with Crippen molar-refractivity contribution in [1.29, 1.82) is 0 Å². The normalized spacial score (nSPS) is 11.2. The van der Waals surface area contributed by atoms with Crippen LogP contribution >= 0.6 is 0 Å². The van der Waals surface area contributed by atoms with Crippen LogP contribution in [0.1, 0.15) is 36.5 Å². The van der Waals surface area contributed by atoms with Gasteiger partial charge in [0.2, 0.25) is 5.91 Å². The number of ether oxygens (including phenoxy) is 1. The molecule has 0 saturated heterocycles. The zero-order chi connectivity index (χ0) is 25.3. The Balaban J connectivity index is 1.69. The molecular formula is C28H34N2O4S. The molecule has 0 aliphatic carbocycles. The summed E-state index contributed by atoms with van der Waals surface area (Å²) in [5, 5.41) is 2.88. The number of nitrogens with one attached hydrogen (secondary N) is 1. The van der Waals surface area contributed by atoms with Gasteiger partial charge in [-0.25, -0.2) is 8.42 Å². The van der Waals surface area contributed by atoms with Gasteiger partial charge in [-0.05, 0) is 68.5 Å². The summed E-state index contributed by atoms with van der Waals surface area (Å²) in [7, 11) is -3.92. The van der Waals surface area contributed by atoms with Gasteiger partial charge in [-0.2, -0.15) is 0 Å². The molecule has 0 unspecified atom stereocenters.